The third kappa shape index (κ3) is 2.09. The van der Waals surface area contributed by atoms with Gasteiger partial charge >= 0.3 is 0 Å². The van der Waals surface area contributed by atoms with Crippen molar-refractivity contribution in [3.63, 3.8) is 0 Å². The predicted molar refractivity (Wildman–Crippen MR) is 54.0 cm³/mol. The molecule has 1 nitrogen and oxygen atoms in total. The molecule has 0 aliphatic carbocycles. The van der Waals surface area contributed by atoms with Gasteiger partial charge in [0, 0.05) is 6.54 Å². The summed E-state index contributed by atoms with van der Waals surface area (Å²) in [4.78, 5) is 2.31. The molecule has 2 rings (SSSR count). The molecule has 0 unspecified atom stereocenters. The van der Waals surface area contributed by atoms with Crippen LogP contribution in [0.1, 0.15) is 12.0 Å². The van der Waals surface area contributed by atoms with E-state index in [0.717, 1.165) is 25.2 Å². The zero-order valence-electron chi connectivity index (χ0n) is 7.26. The Morgan fingerprint density at radius 3 is 2.69 bits per heavy atom. The minimum Gasteiger partial charge on any atom is -0.299 e. The number of hydrogen-bond acceptors (Lipinski definition) is 1. The van der Waals surface area contributed by atoms with Crippen molar-refractivity contribution in [2.24, 2.45) is 0 Å². The molecule has 3 heteroatoms. The number of rotatable bonds is 2. The van der Waals surface area contributed by atoms with Crippen molar-refractivity contribution in [1.82, 2.24) is 4.90 Å². The molecule has 0 aromatic heterocycles. The lowest BCUT2D eigenvalue weighted by atomic mass is 10.1. The Morgan fingerprint density at radius 2 is 2.15 bits per heavy atom. The zero-order chi connectivity index (χ0) is 9.26. The second-order valence-corrected chi connectivity index (χ2v) is 4.23. The van der Waals surface area contributed by atoms with Crippen LogP contribution in [-0.4, -0.2) is 18.0 Å². The highest BCUT2D eigenvalue weighted by Crippen LogP contribution is 2.18. The van der Waals surface area contributed by atoms with E-state index >= 15 is 0 Å². The Balaban J connectivity index is 2.07. The Morgan fingerprint density at radius 1 is 1.38 bits per heavy atom. The van der Waals surface area contributed by atoms with Crippen LogP contribution in [0.25, 0.3) is 0 Å². The Hall–Kier alpha value is -0.410. The minimum atomic E-state index is -0.168. The lowest BCUT2D eigenvalue weighted by Gasteiger charge is -2.30. The first-order chi connectivity index (χ1) is 6.25. The molecule has 0 saturated carbocycles. The largest absolute Gasteiger partial charge is 0.299 e. The van der Waals surface area contributed by atoms with Crippen molar-refractivity contribution in [2.45, 2.75) is 13.0 Å². The molecule has 1 aliphatic rings. The molecule has 1 aliphatic heterocycles. The van der Waals surface area contributed by atoms with E-state index in [0.29, 0.717) is 4.47 Å². The fourth-order valence-electron chi connectivity index (χ4n) is 1.44. The quantitative estimate of drug-likeness (QED) is 0.773. The smallest absolute Gasteiger partial charge is 0.137 e. The molecule has 1 heterocycles. The van der Waals surface area contributed by atoms with Crippen LogP contribution >= 0.6 is 15.9 Å². The summed E-state index contributed by atoms with van der Waals surface area (Å²) < 4.78 is 13.6. The predicted octanol–water partition coefficient (Wildman–Crippen LogP) is 2.79. The lowest BCUT2D eigenvalue weighted by molar-refractivity contribution is 0.172. The molecule has 0 bridgehead atoms. The molecule has 0 N–H and O–H groups in total. The van der Waals surface area contributed by atoms with Crippen LogP contribution in [0.4, 0.5) is 4.39 Å². The van der Waals surface area contributed by atoms with Gasteiger partial charge in [0.1, 0.15) is 5.82 Å². The number of nitrogens with zero attached hydrogens (tertiary/aromatic N) is 1. The van der Waals surface area contributed by atoms with Gasteiger partial charge in [-0.25, -0.2) is 4.39 Å². The highest BCUT2D eigenvalue weighted by atomic mass is 79.9. The van der Waals surface area contributed by atoms with E-state index in [1.807, 2.05) is 6.07 Å². The summed E-state index contributed by atoms with van der Waals surface area (Å²) >= 11 is 3.14. The molecule has 1 saturated heterocycles. The zero-order valence-corrected chi connectivity index (χ0v) is 8.85. The molecule has 1 fully saturated rings. The van der Waals surface area contributed by atoms with Crippen molar-refractivity contribution in [3.05, 3.63) is 34.1 Å². The summed E-state index contributed by atoms with van der Waals surface area (Å²) in [5.74, 6) is -0.168. The molecule has 70 valence electrons. The average molecular weight is 244 g/mol. The Bertz CT molecular complexity index is 310. The highest BCUT2D eigenvalue weighted by molar-refractivity contribution is 9.10. The maximum atomic E-state index is 13.1. The highest BCUT2D eigenvalue weighted by Gasteiger charge is 2.13. The van der Waals surface area contributed by atoms with Gasteiger partial charge in [0.05, 0.1) is 4.47 Å². The molecule has 1 aromatic rings. The fraction of sp³-hybridized carbons (Fsp3) is 0.400. The van der Waals surface area contributed by atoms with Gasteiger partial charge in [0.15, 0.2) is 0 Å². The van der Waals surface area contributed by atoms with Crippen LogP contribution in [-0.2, 0) is 6.54 Å². The molecule has 1 aromatic carbocycles. The van der Waals surface area contributed by atoms with Crippen molar-refractivity contribution < 1.29 is 4.39 Å². The van der Waals surface area contributed by atoms with Crippen LogP contribution in [0, 0.1) is 5.82 Å². The number of benzene rings is 1. The summed E-state index contributed by atoms with van der Waals surface area (Å²) in [5.41, 5.74) is 1.06. The molecule has 0 spiro atoms. The number of hydrogen-bond donors (Lipinski definition) is 0. The monoisotopic (exact) mass is 243 g/mol. The van der Waals surface area contributed by atoms with E-state index in [1.54, 1.807) is 12.1 Å². The number of halogens is 2. The molecule has 0 radical (unpaired) electrons. The second kappa shape index (κ2) is 3.76. The fourth-order valence-corrected chi connectivity index (χ4v) is 1.68. The Kier molecular flexibility index (Phi) is 2.65. The van der Waals surface area contributed by atoms with Crippen molar-refractivity contribution >= 4 is 15.9 Å². The van der Waals surface area contributed by atoms with Gasteiger partial charge in [0.2, 0.25) is 0 Å². The van der Waals surface area contributed by atoms with E-state index in [4.69, 9.17) is 0 Å². The SMILES string of the molecule is Fc1cc(CN2CCC2)ccc1Br. The average Bonchev–Trinajstić information content (AvgIpc) is 2.04. The van der Waals surface area contributed by atoms with Gasteiger partial charge in [-0.05, 0) is 53.1 Å². The molecule has 0 amide bonds. The van der Waals surface area contributed by atoms with Gasteiger partial charge in [-0.1, -0.05) is 6.07 Å². The standard InChI is InChI=1S/C10H11BrFN/c11-9-3-2-8(6-10(9)12)7-13-4-1-5-13/h2-3,6H,1,4-5,7H2. The topological polar surface area (TPSA) is 3.24 Å². The lowest BCUT2D eigenvalue weighted by Crippen LogP contribution is -2.36. The van der Waals surface area contributed by atoms with E-state index in [1.165, 1.54) is 6.42 Å². The van der Waals surface area contributed by atoms with E-state index in [-0.39, 0.29) is 5.82 Å². The van der Waals surface area contributed by atoms with E-state index in [9.17, 15) is 4.39 Å². The first kappa shape index (κ1) is 9.16. The minimum absolute atomic E-state index is 0.168. The summed E-state index contributed by atoms with van der Waals surface area (Å²) in [6.07, 6.45) is 1.28. The molecular formula is C10H11BrFN. The first-order valence-corrected chi connectivity index (χ1v) is 5.21. The molecular weight excluding hydrogens is 233 g/mol. The van der Waals surface area contributed by atoms with Crippen LogP contribution in [0.5, 0.6) is 0 Å². The summed E-state index contributed by atoms with van der Waals surface area (Å²) in [7, 11) is 0. The normalized spacial score (nSPS) is 17.1. The van der Waals surface area contributed by atoms with Crippen molar-refractivity contribution in [1.29, 1.82) is 0 Å². The summed E-state index contributed by atoms with van der Waals surface area (Å²) in [5, 5.41) is 0. The summed E-state index contributed by atoms with van der Waals surface area (Å²) in [6, 6.07) is 5.33. The van der Waals surface area contributed by atoms with E-state index in [2.05, 4.69) is 20.8 Å². The van der Waals surface area contributed by atoms with Crippen molar-refractivity contribution in [2.75, 3.05) is 13.1 Å². The summed E-state index contributed by atoms with van der Waals surface area (Å²) in [6.45, 7) is 3.18. The number of likely N-dealkylation sites (tertiary alicyclic amines) is 1. The van der Waals surface area contributed by atoms with Gasteiger partial charge in [-0.3, -0.25) is 4.90 Å². The molecule has 0 atom stereocenters. The van der Waals surface area contributed by atoms with Gasteiger partial charge in [-0.15, -0.1) is 0 Å². The van der Waals surface area contributed by atoms with Gasteiger partial charge in [-0.2, -0.15) is 0 Å². The van der Waals surface area contributed by atoms with Crippen molar-refractivity contribution in [3.8, 4) is 0 Å². The third-order valence-corrected chi connectivity index (χ3v) is 2.98. The third-order valence-electron chi connectivity index (χ3n) is 2.34. The van der Waals surface area contributed by atoms with Gasteiger partial charge in [0.25, 0.3) is 0 Å². The van der Waals surface area contributed by atoms with Crippen LogP contribution < -0.4 is 0 Å². The second-order valence-electron chi connectivity index (χ2n) is 3.38. The van der Waals surface area contributed by atoms with Crippen LogP contribution in [0.2, 0.25) is 0 Å². The van der Waals surface area contributed by atoms with E-state index < -0.39 is 0 Å². The van der Waals surface area contributed by atoms with Crippen LogP contribution in [0.15, 0.2) is 22.7 Å². The first-order valence-electron chi connectivity index (χ1n) is 4.42. The van der Waals surface area contributed by atoms with Crippen LogP contribution in [0.3, 0.4) is 0 Å². The maximum Gasteiger partial charge on any atom is 0.137 e. The molecule has 13 heavy (non-hydrogen) atoms. The van der Waals surface area contributed by atoms with Gasteiger partial charge < -0.3 is 0 Å². The maximum absolute atomic E-state index is 13.1. The Labute approximate surface area is 85.7 Å².